The summed E-state index contributed by atoms with van der Waals surface area (Å²) >= 11 is 0. The molecule has 5 nitrogen and oxygen atoms in total. The molecule has 1 aromatic heterocycles. The Morgan fingerprint density at radius 3 is 1.67 bits per heavy atom. The van der Waals surface area contributed by atoms with E-state index in [1.54, 1.807) is 21.9 Å². The third-order valence-corrected chi connectivity index (χ3v) is 6.79. The van der Waals surface area contributed by atoms with Crippen LogP contribution in [0.5, 0.6) is 0 Å². The minimum Gasteiger partial charge on any atom is -0.312 e. The van der Waals surface area contributed by atoms with E-state index in [1.165, 1.54) is 6.20 Å². The van der Waals surface area contributed by atoms with Crippen molar-refractivity contribution < 1.29 is 22.8 Å². The Morgan fingerprint density at radius 2 is 1.17 bits per heavy atom. The third kappa shape index (κ3) is 4.98. The molecular weight excluding hydrogens is 467 g/mol. The summed E-state index contributed by atoms with van der Waals surface area (Å²) in [6.45, 7) is 1.27. The molecule has 0 radical (unpaired) electrons. The summed E-state index contributed by atoms with van der Waals surface area (Å²) in [4.78, 5) is 32.6. The van der Waals surface area contributed by atoms with Crippen molar-refractivity contribution in [2.75, 3.05) is 22.9 Å². The van der Waals surface area contributed by atoms with Crippen LogP contribution in [0, 0.1) is 0 Å². The van der Waals surface area contributed by atoms with E-state index in [4.69, 9.17) is 0 Å². The summed E-state index contributed by atoms with van der Waals surface area (Å²) in [5.41, 5.74) is 3.41. The first-order valence-electron chi connectivity index (χ1n) is 12.2. The fourth-order valence-electron chi connectivity index (χ4n) is 4.84. The zero-order chi connectivity index (χ0) is 25.3. The Labute approximate surface area is 207 Å². The fraction of sp³-hybridized carbons (Fsp3) is 0.321. The molecule has 0 N–H and O–H groups in total. The molecule has 2 amide bonds. The summed E-state index contributed by atoms with van der Waals surface area (Å²) < 4.78 is 39.3. The van der Waals surface area contributed by atoms with Gasteiger partial charge in [0.25, 0.3) is 0 Å². The van der Waals surface area contributed by atoms with E-state index >= 15 is 0 Å². The molecule has 2 aliphatic heterocycles. The van der Waals surface area contributed by atoms with Crippen LogP contribution >= 0.6 is 0 Å². The van der Waals surface area contributed by atoms with Gasteiger partial charge in [-0.1, -0.05) is 24.3 Å². The smallest absolute Gasteiger partial charge is 0.312 e. The van der Waals surface area contributed by atoms with Crippen LogP contribution < -0.4 is 9.80 Å². The van der Waals surface area contributed by atoms with Gasteiger partial charge in [-0.2, -0.15) is 13.2 Å². The normalized spacial score (nSPS) is 17.0. The second-order valence-corrected chi connectivity index (χ2v) is 9.28. The molecule has 2 saturated heterocycles. The van der Waals surface area contributed by atoms with Crippen molar-refractivity contribution in [1.82, 2.24) is 4.98 Å². The Balaban J connectivity index is 1.52. The highest BCUT2D eigenvalue weighted by molar-refractivity contribution is 5.99. The van der Waals surface area contributed by atoms with Gasteiger partial charge in [0, 0.05) is 55.3 Å². The summed E-state index contributed by atoms with van der Waals surface area (Å²) in [6.07, 6.45) is 2.36. The second-order valence-electron chi connectivity index (χ2n) is 9.28. The van der Waals surface area contributed by atoms with Crippen molar-refractivity contribution in [3.8, 4) is 22.3 Å². The van der Waals surface area contributed by atoms with Gasteiger partial charge in [-0.25, -0.2) is 0 Å². The maximum atomic E-state index is 13.1. The first-order chi connectivity index (χ1) is 17.3. The number of alkyl halides is 3. The summed E-state index contributed by atoms with van der Waals surface area (Å²) in [5, 5.41) is 0. The van der Waals surface area contributed by atoms with E-state index in [1.807, 2.05) is 30.3 Å². The number of hydrogen-bond acceptors (Lipinski definition) is 3. The summed E-state index contributed by atoms with van der Waals surface area (Å²) in [6, 6.07) is 14.1. The van der Waals surface area contributed by atoms with E-state index in [0.29, 0.717) is 37.1 Å². The van der Waals surface area contributed by atoms with Gasteiger partial charge in [0.1, 0.15) is 0 Å². The molecule has 2 aromatic carbocycles. The number of hydrogen-bond donors (Lipinski definition) is 0. The molecular formula is C28H26F3N3O2. The Kier molecular flexibility index (Phi) is 6.51. The van der Waals surface area contributed by atoms with Crippen molar-refractivity contribution >= 4 is 23.2 Å². The topological polar surface area (TPSA) is 53.5 Å². The highest BCUT2D eigenvalue weighted by Gasteiger charge is 2.31. The molecule has 3 aromatic rings. The number of pyridine rings is 1. The lowest BCUT2D eigenvalue weighted by Gasteiger charge is -2.31. The number of piperidine rings is 2. The number of amides is 2. The van der Waals surface area contributed by atoms with Crippen molar-refractivity contribution in [3.05, 3.63) is 66.5 Å². The van der Waals surface area contributed by atoms with Crippen LogP contribution in [0.1, 0.15) is 44.1 Å². The minimum atomic E-state index is -4.46. The number of carbonyl (C=O) groups excluding carboxylic acids is 2. The lowest BCUT2D eigenvalue weighted by Crippen LogP contribution is -2.37. The van der Waals surface area contributed by atoms with E-state index in [-0.39, 0.29) is 11.8 Å². The molecule has 186 valence electrons. The molecule has 3 heterocycles. The maximum Gasteiger partial charge on any atom is 0.417 e. The Morgan fingerprint density at radius 1 is 0.639 bits per heavy atom. The number of aromatic nitrogens is 1. The standard InChI is InChI=1S/C28H26F3N3O2/c29-28(30,31)23-13-22(17-32-18-23)20-9-7-19(8-10-20)21-14-24(33-11-3-1-5-26(33)35)16-25(15-21)34-12-4-2-6-27(34)36/h7-10,13-18H,1-6,11-12H2. The Hall–Kier alpha value is -3.68. The fourth-order valence-corrected chi connectivity index (χ4v) is 4.84. The van der Waals surface area contributed by atoms with Gasteiger partial charge in [-0.3, -0.25) is 14.6 Å². The van der Waals surface area contributed by atoms with Crippen LogP contribution in [-0.2, 0) is 15.8 Å². The van der Waals surface area contributed by atoms with Crippen LogP contribution in [0.15, 0.2) is 60.9 Å². The average Bonchev–Trinajstić information content (AvgIpc) is 2.89. The van der Waals surface area contributed by atoms with Crippen LogP contribution in [0.3, 0.4) is 0 Å². The van der Waals surface area contributed by atoms with Gasteiger partial charge in [-0.05, 0) is 66.6 Å². The second kappa shape index (κ2) is 9.76. The van der Waals surface area contributed by atoms with Crippen molar-refractivity contribution in [3.63, 3.8) is 0 Å². The van der Waals surface area contributed by atoms with Crippen LogP contribution in [-0.4, -0.2) is 29.9 Å². The molecule has 0 atom stereocenters. The highest BCUT2D eigenvalue weighted by Crippen LogP contribution is 2.36. The first kappa shape index (κ1) is 24.0. The molecule has 36 heavy (non-hydrogen) atoms. The summed E-state index contributed by atoms with van der Waals surface area (Å²) in [5.74, 6) is 0.142. The SMILES string of the molecule is O=C1CCCCN1c1cc(-c2ccc(-c3cncc(C(F)(F)F)c3)cc2)cc(N2CCCCC2=O)c1. The van der Waals surface area contributed by atoms with Crippen LogP contribution in [0.2, 0.25) is 0 Å². The van der Waals surface area contributed by atoms with Gasteiger partial charge < -0.3 is 9.80 Å². The van der Waals surface area contributed by atoms with Crippen LogP contribution in [0.4, 0.5) is 24.5 Å². The van der Waals surface area contributed by atoms with Gasteiger partial charge in [0.2, 0.25) is 11.8 Å². The zero-order valence-electron chi connectivity index (χ0n) is 19.7. The number of anilines is 2. The molecule has 5 rings (SSSR count). The monoisotopic (exact) mass is 493 g/mol. The Bertz CT molecular complexity index is 1240. The third-order valence-electron chi connectivity index (χ3n) is 6.79. The predicted octanol–water partition coefficient (Wildman–Crippen LogP) is 6.47. The average molecular weight is 494 g/mol. The molecule has 0 spiro atoms. The number of carbonyl (C=O) groups is 2. The van der Waals surface area contributed by atoms with Crippen molar-refractivity contribution in [2.45, 2.75) is 44.7 Å². The summed E-state index contributed by atoms with van der Waals surface area (Å²) in [7, 11) is 0. The lowest BCUT2D eigenvalue weighted by molar-refractivity contribution is -0.137. The van der Waals surface area contributed by atoms with E-state index in [0.717, 1.165) is 60.4 Å². The van der Waals surface area contributed by atoms with E-state index in [2.05, 4.69) is 4.98 Å². The predicted molar refractivity (Wildman–Crippen MR) is 133 cm³/mol. The van der Waals surface area contributed by atoms with Crippen LogP contribution in [0.25, 0.3) is 22.3 Å². The van der Waals surface area contributed by atoms with Gasteiger partial charge in [0.15, 0.2) is 0 Å². The quantitative estimate of drug-likeness (QED) is 0.419. The first-order valence-corrected chi connectivity index (χ1v) is 12.2. The molecule has 0 saturated carbocycles. The van der Waals surface area contributed by atoms with Gasteiger partial charge >= 0.3 is 6.18 Å². The van der Waals surface area contributed by atoms with Crippen molar-refractivity contribution in [1.29, 1.82) is 0 Å². The van der Waals surface area contributed by atoms with Gasteiger partial charge in [0.05, 0.1) is 5.56 Å². The molecule has 0 bridgehead atoms. The maximum absolute atomic E-state index is 13.1. The molecule has 8 heteroatoms. The van der Waals surface area contributed by atoms with E-state index in [9.17, 15) is 22.8 Å². The molecule has 0 unspecified atom stereocenters. The zero-order valence-corrected chi connectivity index (χ0v) is 19.7. The highest BCUT2D eigenvalue weighted by atomic mass is 19.4. The minimum absolute atomic E-state index is 0.0710. The number of halogens is 3. The van der Waals surface area contributed by atoms with Gasteiger partial charge in [-0.15, -0.1) is 0 Å². The number of benzene rings is 2. The molecule has 2 aliphatic rings. The molecule has 2 fully saturated rings. The molecule has 0 aliphatic carbocycles. The number of rotatable bonds is 4. The number of nitrogens with zero attached hydrogens (tertiary/aromatic N) is 3. The van der Waals surface area contributed by atoms with E-state index < -0.39 is 11.7 Å². The largest absolute Gasteiger partial charge is 0.417 e. The lowest BCUT2D eigenvalue weighted by atomic mass is 9.98. The van der Waals surface area contributed by atoms with Crippen molar-refractivity contribution in [2.24, 2.45) is 0 Å².